The number of aromatic nitrogens is 2. The number of hydrogen-bond donors (Lipinski definition) is 1. The second-order valence-electron chi connectivity index (χ2n) is 7.78. The first-order valence-corrected chi connectivity index (χ1v) is 10.3. The number of carbonyl (C=O) groups excluding carboxylic acids is 2. The Hall–Kier alpha value is -3.39. The maximum Gasteiger partial charge on any atom is 0.327 e. The van der Waals surface area contributed by atoms with Crippen LogP contribution in [0.2, 0.25) is 5.15 Å². The van der Waals surface area contributed by atoms with Crippen LogP contribution < -0.4 is 0 Å². The zero-order valence-electron chi connectivity index (χ0n) is 16.5. The monoisotopic (exact) mass is 438 g/mol. The van der Waals surface area contributed by atoms with Crippen LogP contribution >= 0.6 is 11.6 Å². The fourth-order valence-corrected chi connectivity index (χ4v) is 4.65. The Morgan fingerprint density at radius 3 is 2.74 bits per heavy atom. The molecule has 31 heavy (non-hydrogen) atoms. The molecule has 4 heterocycles. The van der Waals surface area contributed by atoms with E-state index in [0.717, 1.165) is 32.6 Å². The molecule has 1 unspecified atom stereocenters. The smallest absolute Gasteiger partial charge is 0.327 e. The number of carboxylic acid groups (broad SMARTS) is 1. The molecule has 8 nitrogen and oxygen atoms in total. The second-order valence-corrected chi connectivity index (χ2v) is 8.17. The van der Waals surface area contributed by atoms with Crippen LogP contribution in [-0.4, -0.2) is 55.0 Å². The van der Waals surface area contributed by atoms with E-state index >= 15 is 0 Å². The van der Waals surface area contributed by atoms with E-state index in [9.17, 15) is 14.4 Å². The lowest BCUT2D eigenvalue weighted by Gasteiger charge is -2.28. The van der Waals surface area contributed by atoms with Crippen molar-refractivity contribution >= 4 is 40.4 Å². The van der Waals surface area contributed by atoms with Crippen LogP contribution in [0.4, 0.5) is 4.79 Å². The molecule has 1 aromatic carbocycles. The lowest BCUT2D eigenvalue weighted by Crippen LogP contribution is -2.40. The van der Waals surface area contributed by atoms with Crippen molar-refractivity contribution in [2.45, 2.75) is 32.0 Å². The molecule has 0 bridgehead atoms. The van der Waals surface area contributed by atoms with Crippen molar-refractivity contribution in [3.05, 3.63) is 64.6 Å². The summed E-state index contributed by atoms with van der Waals surface area (Å²) < 4.78 is 2.16. The number of nitrogens with zero attached hydrogens (tertiary/aromatic N) is 4. The van der Waals surface area contributed by atoms with Gasteiger partial charge in [-0.3, -0.25) is 14.5 Å². The van der Waals surface area contributed by atoms with Gasteiger partial charge in [0.2, 0.25) is 0 Å². The van der Waals surface area contributed by atoms with Gasteiger partial charge in [0.05, 0.1) is 13.0 Å². The Balaban J connectivity index is 1.53. The van der Waals surface area contributed by atoms with Gasteiger partial charge < -0.3 is 14.6 Å². The molecule has 0 saturated carbocycles. The number of carbonyl (C=O) groups is 3. The zero-order chi connectivity index (χ0) is 21.7. The Kier molecular flexibility index (Phi) is 4.66. The van der Waals surface area contributed by atoms with Crippen LogP contribution in [0.3, 0.4) is 0 Å². The van der Waals surface area contributed by atoms with Gasteiger partial charge in [-0.2, -0.15) is 0 Å². The first-order valence-electron chi connectivity index (χ1n) is 9.97. The molecule has 1 atom stereocenters. The molecule has 9 heteroatoms. The van der Waals surface area contributed by atoms with Gasteiger partial charge in [0.25, 0.3) is 5.91 Å². The topological polar surface area (TPSA) is 95.7 Å². The van der Waals surface area contributed by atoms with E-state index in [2.05, 4.69) is 9.55 Å². The molecule has 0 spiro atoms. The van der Waals surface area contributed by atoms with Crippen LogP contribution in [0.1, 0.15) is 23.2 Å². The number of pyridine rings is 1. The highest BCUT2D eigenvalue weighted by atomic mass is 35.5. The maximum absolute atomic E-state index is 12.9. The number of fused-ring (bicyclic) bond motifs is 4. The van der Waals surface area contributed by atoms with Crippen molar-refractivity contribution in [3.8, 4) is 0 Å². The van der Waals surface area contributed by atoms with E-state index in [0.29, 0.717) is 24.7 Å². The summed E-state index contributed by atoms with van der Waals surface area (Å²) >= 11 is 5.92. The van der Waals surface area contributed by atoms with Gasteiger partial charge in [-0.25, -0.2) is 9.78 Å². The van der Waals surface area contributed by atoms with Gasteiger partial charge in [0, 0.05) is 42.3 Å². The highest BCUT2D eigenvalue weighted by Gasteiger charge is 2.48. The molecule has 3 amide bonds. The number of urea groups is 1. The number of amides is 3. The molecule has 2 aromatic heterocycles. The van der Waals surface area contributed by atoms with Crippen LogP contribution in [0.25, 0.3) is 10.9 Å². The van der Waals surface area contributed by atoms with Crippen molar-refractivity contribution in [3.63, 3.8) is 0 Å². The molecule has 0 aliphatic carbocycles. The van der Waals surface area contributed by atoms with E-state index in [4.69, 9.17) is 16.7 Å². The minimum Gasteiger partial charge on any atom is -0.481 e. The van der Waals surface area contributed by atoms with E-state index in [1.54, 1.807) is 17.2 Å². The predicted octanol–water partition coefficient (Wildman–Crippen LogP) is 2.90. The van der Waals surface area contributed by atoms with Crippen molar-refractivity contribution < 1.29 is 19.5 Å². The van der Waals surface area contributed by atoms with E-state index < -0.39 is 18.0 Å². The van der Waals surface area contributed by atoms with Gasteiger partial charge in [-0.05, 0) is 23.3 Å². The van der Waals surface area contributed by atoms with Crippen LogP contribution in [0.15, 0.2) is 42.6 Å². The Labute approximate surface area is 182 Å². The third kappa shape index (κ3) is 3.23. The van der Waals surface area contributed by atoms with E-state index in [-0.39, 0.29) is 18.9 Å². The average Bonchev–Trinajstić information content (AvgIpc) is 3.19. The van der Waals surface area contributed by atoms with Crippen molar-refractivity contribution in [1.29, 1.82) is 0 Å². The molecule has 3 aromatic rings. The van der Waals surface area contributed by atoms with Crippen LogP contribution in [0.5, 0.6) is 0 Å². The Morgan fingerprint density at radius 2 is 2.00 bits per heavy atom. The summed E-state index contributed by atoms with van der Waals surface area (Å²) in [6, 6.07) is 10.6. The molecule has 2 aliphatic rings. The number of para-hydroxylation sites is 1. The summed E-state index contributed by atoms with van der Waals surface area (Å²) in [5.41, 5.74) is 4.04. The van der Waals surface area contributed by atoms with E-state index in [1.807, 2.05) is 30.3 Å². The number of imide groups is 1. The maximum atomic E-state index is 12.9. The lowest BCUT2D eigenvalue weighted by atomic mass is 9.97. The standard InChI is InChI=1S/C22H19ClN4O4/c23-19-6-5-13(10-24-19)11-26-16-4-2-1-3-14(16)15-9-17-21(30)25(8-7-20(28)29)22(31)27(17)12-18(15)26/h1-6,10,17H,7-9,11-12H2,(H,28,29). The highest BCUT2D eigenvalue weighted by Crippen LogP contribution is 2.36. The number of hydrogen-bond acceptors (Lipinski definition) is 4. The van der Waals surface area contributed by atoms with Gasteiger partial charge in [-0.1, -0.05) is 35.9 Å². The summed E-state index contributed by atoms with van der Waals surface area (Å²) in [5, 5.41) is 10.4. The molecular formula is C22H19ClN4O4. The summed E-state index contributed by atoms with van der Waals surface area (Å²) in [7, 11) is 0. The fourth-order valence-electron chi connectivity index (χ4n) is 4.54. The predicted molar refractivity (Wildman–Crippen MR) is 113 cm³/mol. The van der Waals surface area contributed by atoms with E-state index in [1.165, 1.54) is 0 Å². The molecule has 2 aliphatic heterocycles. The van der Waals surface area contributed by atoms with Crippen molar-refractivity contribution in [2.75, 3.05) is 6.54 Å². The minimum absolute atomic E-state index is 0.110. The van der Waals surface area contributed by atoms with Crippen LogP contribution in [-0.2, 0) is 29.1 Å². The SMILES string of the molecule is O=C(O)CCN1C(=O)C2Cc3c(n(Cc4ccc(Cl)nc4)c4ccccc34)CN2C1=O. The summed E-state index contributed by atoms with van der Waals surface area (Å²) in [6.45, 7) is 0.745. The van der Waals surface area contributed by atoms with Crippen LogP contribution in [0, 0.1) is 0 Å². The normalized spacial score (nSPS) is 17.9. The highest BCUT2D eigenvalue weighted by molar-refractivity contribution is 6.29. The summed E-state index contributed by atoms with van der Waals surface area (Å²) in [5.74, 6) is -1.36. The Bertz CT molecular complexity index is 1220. The van der Waals surface area contributed by atoms with Gasteiger partial charge in [-0.15, -0.1) is 0 Å². The summed E-state index contributed by atoms with van der Waals surface area (Å²) in [4.78, 5) is 43.5. The first-order chi connectivity index (χ1) is 14.9. The number of aliphatic carboxylic acids is 1. The average molecular weight is 439 g/mol. The van der Waals surface area contributed by atoms with Crippen molar-refractivity contribution in [1.82, 2.24) is 19.4 Å². The molecular weight excluding hydrogens is 420 g/mol. The number of benzene rings is 1. The third-order valence-electron chi connectivity index (χ3n) is 5.99. The quantitative estimate of drug-likeness (QED) is 0.488. The molecule has 158 valence electrons. The second kappa shape index (κ2) is 7.39. The lowest BCUT2D eigenvalue weighted by molar-refractivity contribution is -0.137. The first kappa shape index (κ1) is 19.6. The molecule has 0 radical (unpaired) electrons. The molecule has 1 saturated heterocycles. The zero-order valence-corrected chi connectivity index (χ0v) is 17.2. The molecule has 5 rings (SSSR count). The number of halogens is 1. The van der Waals surface area contributed by atoms with Gasteiger partial charge in [0.1, 0.15) is 11.2 Å². The Morgan fingerprint density at radius 1 is 1.19 bits per heavy atom. The van der Waals surface area contributed by atoms with Crippen molar-refractivity contribution in [2.24, 2.45) is 0 Å². The summed E-state index contributed by atoms with van der Waals surface area (Å²) in [6.07, 6.45) is 1.88. The number of carboxylic acids is 1. The van der Waals surface area contributed by atoms with Gasteiger partial charge >= 0.3 is 12.0 Å². The molecule has 1 N–H and O–H groups in total. The van der Waals surface area contributed by atoms with Gasteiger partial charge in [0.15, 0.2) is 0 Å². The third-order valence-corrected chi connectivity index (χ3v) is 6.22. The minimum atomic E-state index is -1.04. The number of rotatable bonds is 5. The molecule has 1 fully saturated rings. The largest absolute Gasteiger partial charge is 0.481 e. The fraction of sp³-hybridized carbons (Fsp3) is 0.273.